The Kier molecular flexibility index (Phi) is 2.81. The van der Waals surface area contributed by atoms with Gasteiger partial charge in [0.2, 0.25) is 0 Å². The number of hydrogen-bond donors (Lipinski definition) is 0. The Morgan fingerprint density at radius 2 is 1.74 bits per heavy atom. The van der Waals surface area contributed by atoms with Gasteiger partial charge in [-0.25, -0.2) is 0 Å². The van der Waals surface area contributed by atoms with Crippen molar-refractivity contribution in [3.63, 3.8) is 0 Å². The lowest BCUT2D eigenvalue weighted by Gasteiger charge is -2.32. The SMILES string of the molecule is Cc1cnc(B2OC(C)(C)C(C)(C)O2)c(C2CC2)c1. The number of pyridine rings is 1. The largest absolute Gasteiger partial charge is 0.514 e. The van der Waals surface area contributed by atoms with Crippen LogP contribution in [0.3, 0.4) is 0 Å². The summed E-state index contributed by atoms with van der Waals surface area (Å²) >= 11 is 0. The van der Waals surface area contributed by atoms with Crippen LogP contribution < -0.4 is 5.59 Å². The van der Waals surface area contributed by atoms with E-state index in [4.69, 9.17) is 9.31 Å². The van der Waals surface area contributed by atoms with Crippen molar-refractivity contribution in [2.45, 2.75) is 64.6 Å². The molecule has 19 heavy (non-hydrogen) atoms. The Labute approximate surface area is 115 Å². The summed E-state index contributed by atoms with van der Waals surface area (Å²) in [6, 6.07) is 2.24. The maximum Gasteiger partial charge on any atom is 0.514 e. The van der Waals surface area contributed by atoms with Gasteiger partial charge in [-0.15, -0.1) is 0 Å². The molecule has 0 spiro atoms. The third kappa shape index (κ3) is 2.21. The number of hydrogen-bond acceptors (Lipinski definition) is 3. The molecule has 0 N–H and O–H groups in total. The van der Waals surface area contributed by atoms with Crippen molar-refractivity contribution in [3.8, 4) is 0 Å². The molecule has 0 radical (unpaired) electrons. The van der Waals surface area contributed by atoms with Gasteiger partial charge in [-0.3, -0.25) is 4.98 Å². The molecular formula is C15H22BNO2. The summed E-state index contributed by atoms with van der Waals surface area (Å²) in [5.41, 5.74) is 2.91. The molecule has 0 amide bonds. The highest BCUT2D eigenvalue weighted by molar-refractivity contribution is 6.61. The van der Waals surface area contributed by atoms with Crippen molar-refractivity contribution in [3.05, 3.63) is 23.4 Å². The second kappa shape index (κ2) is 4.06. The van der Waals surface area contributed by atoms with Crippen LogP contribution in [0.2, 0.25) is 0 Å². The number of aryl methyl sites for hydroxylation is 1. The van der Waals surface area contributed by atoms with Gasteiger partial charge >= 0.3 is 7.12 Å². The van der Waals surface area contributed by atoms with Crippen LogP contribution in [0.1, 0.15) is 57.6 Å². The molecule has 0 atom stereocenters. The third-order valence-corrected chi connectivity index (χ3v) is 4.58. The maximum absolute atomic E-state index is 6.12. The van der Waals surface area contributed by atoms with E-state index >= 15 is 0 Å². The van der Waals surface area contributed by atoms with Gasteiger partial charge in [0.25, 0.3) is 0 Å². The van der Waals surface area contributed by atoms with E-state index in [-0.39, 0.29) is 18.3 Å². The Morgan fingerprint density at radius 3 is 2.26 bits per heavy atom. The predicted molar refractivity (Wildman–Crippen MR) is 76.7 cm³/mol. The fourth-order valence-corrected chi connectivity index (χ4v) is 2.48. The zero-order valence-corrected chi connectivity index (χ0v) is 12.5. The van der Waals surface area contributed by atoms with Crippen LogP contribution in [0, 0.1) is 6.92 Å². The second-order valence-corrected chi connectivity index (χ2v) is 6.85. The molecule has 1 saturated heterocycles. The van der Waals surface area contributed by atoms with Gasteiger partial charge in [-0.1, -0.05) is 6.07 Å². The van der Waals surface area contributed by atoms with Gasteiger partial charge in [0.05, 0.1) is 16.8 Å². The molecule has 2 heterocycles. The highest BCUT2D eigenvalue weighted by Gasteiger charge is 2.53. The summed E-state index contributed by atoms with van der Waals surface area (Å²) in [5, 5.41) is 0. The van der Waals surface area contributed by atoms with Crippen molar-refractivity contribution in [2.75, 3.05) is 0 Å². The fourth-order valence-electron chi connectivity index (χ4n) is 2.48. The van der Waals surface area contributed by atoms with Crippen LogP contribution in [0.15, 0.2) is 12.3 Å². The lowest BCUT2D eigenvalue weighted by Crippen LogP contribution is -2.41. The van der Waals surface area contributed by atoms with Crippen molar-refractivity contribution in [2.24, 2.45) is 0 Å². The van der Waals surface area contributed by atoms with Crippen LogP contribution in [0.25, 0.3) is 0 Å². The Balaban J connectivity index is 1.96. The molecule has 1 aliphatic carbocycles. The molecule has 1 aromatic heterocycles. The van der Waals surface area contributed by atoms with E-state index in [0.29, 0.717) is 5.92 Å². The van der Waals surface area contributed by atoms with E-state index < -0.39 is 0 Å². The topological polar surface area (TPSA) is 31.4 Å². The average Bonchev–Trinajstić information content (AvgIpc) is 3.07. The van der Waals surface area contributed by atoms with E-state index in [9.17, 15) is 0 Å². The number of nitrogens with zero attached hydrogens (tertiary/aromatic N) is 1. The monoisotopic (exact) mass is 259 g/mol. The van der Waals surface area contributed by atoms with Gasteiger partial charge in [0, 0.05) is 6.20 Å². The minimum absolute atomic E-state index is 0.301. The van der Waals surface area contributed by atoms with Crippen LogP contribution in [-0.4, -0.2) is 23.3 Å². The van der Waals surface area contributed by atoms with Crippen molar-refractivity contribution in [1.29, 1.82) is 0 Å². The number of rotatable bonds is 2. The van der Waals surface area contributed by atoms with E-state index in [0.717, 1.165) is 5.59 Å². The first-order chi connectivity index (χ1) is 8.80. The van der Waals surface area contributed by atoms with Crippen LogP contribution in [0.5, 0.6) is 0 Å². The molecule has 1 saturated carbocycles. The third-order valence-electron chi connectivity index (χ3n) is 4.58. The molecule has 2 fully saturated rings. The van der Waals surface area contributed by atoms with E-state index in [1.807, 2.05) is 6.20 Å². The quantitative estimate of drug-likeness (QED) is 0.765. The molecule has 0 aromatic carbocycles. The molecule has 3 nitrogen and oxygen atoms in total. The Hall–Kier alpha value is -0.865. The molecule has 1 aromatic rings. The van der Waals surface area contributed by atoms with Crippen LogP contribution >= 0.6 is 0 Å². The molecule has 0 unspecified atom stereocenters. The van der Waals surface area contributed by atoms with E-state index in [1.165, 1.54) is 24.0 Å². The van der Waals surface area contributed by atoms with Gasteiger partial charge in [-0.2, -0.15) is 0 Å². The Morgan fingerprint density at radius 1 is 1.16 bits per heavy atom. The molecule has 1 aliphatic heterocycles. The van der Waals surface area contributed by atoms with E-state index in [2.05, 4.69) is 45.7 Å². The summed E-state index contributed by atoms with van der Waals surface area (Å²) < 4.78 is 12.2. The standard InChI is InChI=1S/C15H22BNO2/c1-10-8-12(11-6-7-11)13(17-9-10)16-18-14(2,3)15(4,5)19-16/h8-9,11H,6-7H2,1-5H3. The molecule has 3 rings (SSSR count). The molecule has 102 valence electrons. The highest BCUT2D eigenvalue weighted by atomic mass is 16.7. The summed E-state index contributed by atoms with van der Waals surface area (Å²) in [6.07, 6.45) is 4.43. The minimum atomic E-state index is -0.332. The smallest absolute Gasteiger partial charge is 0.398 e. The average molecular weight is 259 g/mol. The van der Waals surface area contributed by atoms with Crippen LogP contribution in [0.4, 0.5) is 0 Å². The molecule has 2 aliphatic rings. The van der Waals surface area contributed by atoms with Crippen molar-refractivity contribution < 1.29 is 9.31 Å². The lowest BCUT2D eigenvalue weighted by molar-refractivity contribution is 0.00578. The van der Waals surface area contributed by atoms with Gasteiger partial charge in [0.1, 0.15) is 0 Å². The summed E-state index contributed by atoms with van der Waals surface area (Å²) in [4.78, 5) is 4.60. The maximum atomic E-state index is 6.12. The van der Waals surface area contributed by atoms with E-state index in [1.54, 1.807) is 0 Å². The zero-order chi connectivity index (χ0) is 13.8. The first kappa shape index (κ1) is 13.1. The van der Waals surface area contributed by atoms with Crippen LogP contribution in [-0.2, 0) is 9.31 Å². The molecular weight excluding hydrogens is 237 g/mol. The van der Waals surface area contributed by atoms with Gasteiger partial charge < -0.3 is 9.31 Å². The van der Waals surface area contributed by atoms with Crippen molar-refractivity contribution >= 4 is 12.7 Å². The first-order valence-electron chi connectivity index (χ1n) is 7.12. The minimum Gasteiger partial charge on any atom is -0.398 e. The Bertz CT molecular complexity index is 493. The van der Waals surface area contributed by atoms with Gasteiger partial charge in [0.15, 0.2) is 0 Å². The second-order valence-electron chi connectivity index (χ2n) is 6.85. The first-order valence-corrected chi connectivity index (χ1v) is 7.12. The van der Waals surface area contributed by atoms with Gasteiger partial charge in [-0.05, 0) is 64.5 Å². The van der Waals surface area contributed by atoms with Crippen molar-refractivity contribution in [1.82, 2.24) is 4.98 Å². The highest BCUT2D eigenvalue weighted by Crippen LogP contribution is 2.41. The number of aromatic nitrogens is 1. The summed E-state index contributed by atoms with van der Waals surface area (Å²) in [7, 11) is -0.332. The fraction of sp³-hybridized carbons (Fsp3) is 0.667. The summed E-state index contributed by atoms with van der Waals surface area (Å²) in [5.74, 6) is 0.654. The lowest BCUT2D eigenvalue weighted by atomic mass is 9.79. The molecule has 4 heteroatoms. The molecule has 0 bridgehead atoms. The zero-order valence-electron chi connectivity index (χ0n) is 12.5. The summed E-state index contributed by atoms with van der Waals surface area (Å²) in [6.45, 7) is 10.4. The predicted octanol–water partition coefficient (Wildman–Crippen LogP) is 2.57. The normalized spacial score (nSPS) is 24.8.